The Kier molecular flexibility index (Phi) is 7.89. The summed E-state index contributed by atoms with van der Waals surface area (Å²) in [7, 11) is 0. The van der Waals surface area contributed by atoms with E-state index in [4.69, 9.17) is 0 Å². The molecule has 3 heteroatoms. The Labute approximate surface area is 135 Å². The van der Waals surface area contributed by atoms with Crippen LogP contribution in [0, 0.1) is 6.92 Å². The van der Waals surface area contributed by atoms with Gasteiger partial charge in [0.2, 0.25) is 5.91 Å². The highest BCUT2D eigenvalue weighted by molar-refractivity contribution is 5.78. The standard InChI is InChI=1S/C19H30N2O/c1-6-12-21(14-18-10-8-17(5)9-11-18)19(22)15-20(7-2)13-16(3)4/h8-11H,3,6-7,12-15H2,1-2,4-5H3. The summed E-state index contributed by atoms with van der Waals surface area (Å²) in [5.74, 6) is 0.200. The van der Waals surface area contributed by atoms with Crippen LogP contribution in [-0.4, -0.2) is 41.9 Å². The predicted molar refractivity (Wildman–Crippen MR) is 93.8 cm³/mol. The van der Waals surface area contributed by atoms with E-state index < -0.39 is 0 Å². The molecule has 1 aromatic rings. The minimum Gasteiger partial charge on any atom is -0.337 e. The maximum Gasteiger partial charge on any atom is 0.237 e. The Morgan fingerprint density at radius 2 is 1.77 bits per heavy atom. The lowest BCUT2D eigenvalue weighted by molar-refractivity contribution is -0.133. The summed E-state index contributed by atoms with van der Waals surface area (Å²) in [5, 5.41) is 0. The zero-order valence-electron chi connectivity index (χ0n) is 14.6. The first-order chi connectivity index (χ1) is 10.5. The molecule has 122 valence electrons. The van der Waals surface area contributed by atoms with Crippen LogP contribution in [0.1, 0.15) is 38.3 Å². The number of hydrogen-bond donors (Lipinski definition) is 0. The topological polar surface area (TPSA) is 23.6 Å². The highest BCUT2D eigenvalue weighted by Crippen LogP contribution is 2.09. The maximum atomic E-state index is 12.6. The van der Waals surface area contributed by atoms with Gasteiger partial charge in [0.25, 0.3) is 0 Å². The number of rotatable bonds is 9. The lowest BCUT2D eigenvalue weighted by Crippen LogP contribution is -2.40. The average molecular weight is 302 g/mol. The minimum atomic E-state index is 0.200. The molecule has 1 aromatic carbocycles. The molecule has 0 bridgehead atoms. The van der Waals surface area contributed by atoms with Gasteiger partial charge in [-0.2, -0.15) is 0 Å². The summed E-state index contributed by atoms with van der Waals surface area (Å²) in [5.41, 5.74) is 3.53. The largest absolute Gasteiger partial charge is 0.337 e. The van der Waals surface area contributed by atoms with Crippen LogP contribution >= 0.6 is 0 Å². The fourth-order valence-corrected chi connectivity index (χ4v) is 2.43. The van der Waals surface area contributed by atoms with Gasteiger partial charge < -0.3 is 4.90 Å². The molecule has 0 aromatic heterocycles. The number of likely N-dealkylation sites (N-methyl/N-ethyl adjacent to an activating group) is 1. The number of aryl methyl sites for hydroxylation is 1. The molecule has 0 fully saturated rings. The maximum absolute atomic E-state index is 12.6. The lowest BCUT2D eigenvalue weighted by atomic mass is 10.1. The highest BCUT2D eigenvalue weighted by atomic mass is 16.2. The van der Waals surface area contributed by atoms with E-state index in [1.165, 1.54) is 11.1 Å². The molecule has 0 heterocycles. The molecular weight excluding hydrogens is 272 g/mol. The number of amides is 1. The van der Waals surface area contributed by atoms with E-state index in [0.29, 0.717) is 13.1 Å². The van der Waals surface area contributed by atoms with Crippen LogP contribution in [0.2, 0.25) is 0 Å². The predicted octanol–water partition coefficient (Wildman–Crippen LogP) is 3.63. The summed E-state index contributed by atoms with van der Waals surface area (Å²) in [6.45, 7) is 15.8. The third kappa shape index (κ3) is 6.44. The molecule has 0 aliphatic carbocycles. The summed E-state index contributed by atoms with van der Waals surface area (Å²) < 4.78 is 0. The van der Waals surface area contributed by atoms with E-state index >= 15 is 0 Å². The van der Waals surface area contributed by atoms with Gasteiger partial charge in [0.05, 0.1) is 6.54 Å². The highest BCUT2D eigenvalue weighted by Gasteiger charge is 2.16. The van der Waals surface area contributed by atoms with Crippen molar-refractivity contribution in [3.8, 4) is 0 Å². The molecule has 0 saturated heterocycles. The first-order valence-corrected chi connectivity index (χ1v) is 8.16. The van der Waals surface area contributed by atoms with E-state index in [9.17, 15) is 4.79 Å². The molecule has 0 spiro atoms. The van der Waals surface area contributed by atoms with Crippen LogP contribution in [0.4, 0.5) is 0 Å². The van der Waals surface area contributed by atoms with Crippen molar-refractivity contribution in [3.05, 3.63) is 47.5 Å². The number of nitrogens with zero attached hydrogens (tertiary/aromatic N) is 2. The number of carbonyl (C=O) groups excluding carboxylic acids is 1. The molecule has 0 unspecified atom stereocenters. The summed E-state index contributed by atoms with van der Waals surface area (Å²) in [6, 6.07) is 8.42. The zero-order valence-corrected chi connectivity index (χ0v) is 14.6. The third-order valence-corrected chi connectivity index (χ3v) is 3.64. The van der Waals surface area contributed by atoms with Crippen LogP contribution in [0.5, 0.6) is 0 Å². The van der Waals surface area contributed by atoms with Gasteiger partial charge in [-0.15, -0.1) is 0 Å². The number of benzene rings is 1. The van der Waals surface area contributed by atoms with E-state index in [1.807, 2.05) is 11.8 Å². The molecule has 1 amide bonds. The molecule has 1 rings (SSSR count). The molecule has 0 radical (unpaired) electrons. The number of hydrogen-bond acceptors (Lipinski definition) is 2. The third-order valence-electron chi connectivity index (χ3n) is 3.64. The quantitative estimate of drug-likeness (QED) is 0.650. The van der Waals surface area contributed by atoms with Crippen molar-refractivity contribution in [3.63, 3.8) is 0 Å². The van der Waals surface area contributed by atoms with Crippen molar-refractivity contribution >= 4 is 5.91 Å². The fourth-order valence-electron chi connectivity index (χ4n) is 2.43. The second-order valence-electron chi connectivity index (χ2n) is 6.06. The van der Waals surface area contributed by atoms with E-state index in [1.54, 1.807) is 0 Å². The van der Waals surface area contributed by atoms with Crippen LogP contribution in [-0.2, 0) is 11.3 Å². The average Bonchev–Trinajstić information content (AvgIpc) is 2.47. The molecule has 0 aliphatic rings. The van der Waals surface area contributed by atoms with Gasteiger partial charge in [-0.05, 0) is 32.4 Å². The molecule has 0 aliphatic heterocycles. The van der Waals surface area contributed by atoms with Gasteiger partial charge in [-0.3, -0.25) is 9.69 Å². The molecule has 0 atom stereocenters. The Balaban J connectivity index is 2.69. The minimum absolute atomic E-state index is 0.200. The van der Waals surface area contributed by atoms with Crippen molar-refractivity contribution in [2.45, 2.75) is 40.7 Å². The van der Waals surface area contributed by atoms with Gasteiger partial charge in [0.15, 0.2) is 0 Å². The molecule has 22 heavy (non-hydrogen) atoms. The van der Waals surface area contributed by atoms with Gasteiger partial charge in [0, 0.05) is 19.6 Å². The lowest BCUT2D eigenvalue weighted by Gasteiger charge is -2.27. The monoisotopic (exact) mass is 302 g/mol. The van der Waals surface area contributed by atoms with Gasteiger partial charge in [-0.1, -0.05) is 55.8 Å². The molecule has 0 saturated carbocycles. The van der Waals surface area contributed by atoms with Crippen LogP contribution in [0.3, 0.4) is 0 Å². The van der Waals surface area contributed by atoms with E-state index in [-0.39, 0.29) is 5.91 Å². The first kappa shape index (κ1) is 18.4. The summed E-state index contributed by atoms with van der Waals surface area (Å²) >= 11 is 0. The van der Waals surface area contributed by atoms with Gasteiger partial charge in [-0.25, -0.2) is 0 Å². The molecule has 3 nitrogen and oxygen atoms in total. The zero-order chi connectivity index (χ0) is 16.5. The summed E-state index contributed by atoms with van der Waals surface area (Å²) in [6.07, 6.45) is 0.976. The van der Waals surface area contributed by atoms with E-state index in [2.05, 4.69) is 56.5 Å². The van der Waals surface area contributed by atoms with Crippen molar-refractivity contribution < 1.29 is 4.79 Å². The second kappa shape index (κ2) is 9.42. The Bertz CT molecular complexity index is 479. The molecular formula is C19H30N2O. The Morgan fingerprint density at radius 1 is 1.14 bits per heavy atom. The summed E-state index contributed by atoms with van der Waals surface area (Å²) in [4.78, 5) is 16.7. The SMILES string of the molecule is C=C(C)CN(CC)CC(=O)N(CCC)Cc1ccc(C)cc1. The molecule has 0 N–H and O–H groups in total. The van der Waals surface area contributed by atoms with Crippen molar-refractivity contribution in [2.75, 3.05) is 26.2 Å². The van der Waals surface area contributed by atoms with Crippen molar-refractivity contribution in [1.29, 1.82) is 0 Å². The smallest absolute Gasteiger partial charge is 0.237 e. The van der Waals surface area contributed by atoms with Gasteiger partial charge >= 0.3 is 0 Å². The second-order valence-corrected chi connectivity index (χ2v) is 6.06. The first-order valence-electron chi connectivity index (χ1n) is 8.16. The van der Waals surface area contributed by atoms with Crippen LogP contribution < -0.4 is 0 Å². The Hall–Kier alpha value is -1.61. The normalized spacial score (nSPS) is 10.8. The van der Waals surface area contributed by atoms with Gasteiger partial charge in [0.1, 0.15) is 0 Å². The van der Waals surface area contributed by atoms with Crippen LogP contribution in [0.25, 0.3) is 0 Å². The van der Waals surface area contributed by atoms with Crippen LogP contribution in [0.15, 0.2) is 36.4 Å². The number of carbonyl (C=O) groups is 1. The van der Waals surface area contributed by atoms with E-state index in [0.717, 1.165) is 31.6 Å². The Morgan fingerprint density at radius 3 is 2.27 bits per heavy atom. The van der Waals surface area contributed by atoms with Crippen molar-refractivity contribution in [1.82, 2.24) is 9.80 Å². The fraction of sp³-hybridized carbons (Fsp3) is 0.526. The van der Waals surface area contributed by atoms with Crippen molar-refractivity contribution in [2.24, 2.45) is 0 Å².